The van der Waals surface area contributed by atoms with E-state index >= 15 is 0 Å². The highest BCUT2D eigenvalue weighted by atomic mass is 16.8. The number of hydrogen-bond acceptors (Lipinski definition) is 6. The summed E-state index contributed by atoms with van der Waals surface area (Å²) in [6, 6.07) is 11.9. The quantitative estimate of drug-likeness (QED) is 0.163. The zero-order valence-corrected chi connectivity index (χ0v) is 19.9. The van der Waals surface area contributed by atoms with Gasteiger partial charge in [0.05, 0.1) is 12.3 Å². The van der Waals surface area contributed by atoms with Crippen LogP contribution in [0.4, 0.5) is 4.79 Å². The molecule has 1 aromatic carbocycles. The van der Waals surface area contributed by atoms with Crippen LogP contribution in [0, 0.1) is 18.3 Å². The Morgan fingerprint density at radius 2 is 1.81 bits per heavy atom. The van der Waals surface area contributed by atoms with Crippen molar-refractivity contribution < 1.29 is 19.0 Å². The fourth-order valence-electron chi connectivity index (χ4n) is 3.17. The van der Waals surface area contributed by atoms with E-state index in [2.05, 4.69) is 38.9 Å². The van der Waals surface area contributed by atoms with E-state index in [1.165, 1.54) is 0 Å². The van der Waals surface area contributed by atoms with Crippen LogP contribution in [0.15, 0.2) is 30.3 Å². The molecule has 0 aliphatic carbocycles. The Labute approximate surface area is 190 Å². The first-order valence-corrected chi connectivity index (χ1v) is 10.9. The van der Waals surface area contributed by atoms with Gasteiger partial charge in [0.25, 0.3) is 0 Å². The van der Waals surface area contributed by atoms with E-state index in [4.69, 9.17) is 14.2 Å². The van der Waals surface area contributed by atoms with Gasteiger partial charge in [-0.05, 0) is 36.0 Å². The fourth-order valence-corrected chi connectivity index (χ4v) is 3.17. The summed E-state index contributed by atoms with van der Waals surface area (Å²) in [5.41, 5.74) is 3.58. The summed E-state index contributed by atoms with van der Waals surface area (Å²) in [7, 11) is 1.77. The van der Waals surface area contributed by atoms with Crippen LogP contribution in [-0.4, -0.2) is 29.3 Å². The maximum atomic E-state index is 11.8. The van der Waals surface area contributed by atoms with E-state index in [1.54, 1.807) is 11.7 Å². The lowest BCUT2D eigenvalue weighted by Crippen LogP contribution is -2.12. The topological polar surface area (TPSA) is 86.4 Å². The molecule has 0 atom stereocenters. The second-order valence-electron chi connectivity index (χ2n) is 8.65. The van der Waals surface area contributed by atoms with Crippen molar-refractivity contribution in [2.75, 3.05) is 13.4 Å². The Hall–Kier alpha value is -3.27. The summed E-state index contributed by atoms with van der Waals surface area (Å²) in [5, 5.41) is 14.3. The first-order chi connectivity index (χ1) is 15.2. The average Bonchev–Trinajstić information content (AvgIpc) is 3.08. The summed E-state index contributed by atoms with van der Waals surface area (Å²) in [6.45, 7) is 10.3. The number of nitrogens with zero attached hydrogens (tertiary/aromatic N) is 3. The minimum Gasteiger partial charge on any atom is -0.454 e. The number of unbranched alkanes of at least 4 members (excludes halogenated alkanes) is 2. The Balaban J connectivity index is 2.28. The van der Waals surface area contributed by atoms with E-state index in [0.29, 0.717) is 23.4 Å². The standard InChI is InChI=1S/C25H33N3O4/c1-7-8-9-14-30-24(29)32-17-31-23(22-15-18(2)27-28(22)6)21(16-26)19-10-12-20(13-11-19)25(3,4)5/h10-13,15H,7-9,14,17H2,1-6H3/b23-21-. The zero-order chi connectivity index (χ0) is 23.7. The van der Waals surface area contributed by atoms with Crippen LogP contribution in [0.2, 0.25) is 0 Å². The van der Waals surface area contributed by atoms with Gasteiger partial charge in [-0.15, -0.1) is 0 Å². The molecule has 0 radical (unpaired) electrons. The lowest BCUT2D eigenvalue weighted by Gasteiger charge is -2.19. The Morgan fingerprint density at radius 1 is 1.12 bits per heavy atom. The van der Waals surface area contributed by atoms with Crippen LogP contribution in [0.1, 0.15) is 69.5 Å². The molecule has 0 unspecified atom stereocenters. The van der Waals surface area contributed by atoms with Crippen molar-refractivity contribution >= 4 is 17.5 Å². The number of hydrogen-bond donors (Lipinski definition) is 0. The summed E-state index contributed by atoms with van der Waals surface area (Å²) in [4.78, 5) is 11.8. The third-order valence-electron chi connectivity index (χ3n) is 4.96. The summed E-state index contributed by atoms with van der Waals surface area (Å²) in [6.07, 6.45) is 2.01. The lowest BCUT2D eigenvalue weighted by molar-refractivity contribution is -0.00612. The van der Waals surface area contributed by atoms with Gasteiger partial charge in [-0.25, -0.2) is 4.79 Å². The van der Waals surface area contributed by atoms with Gasteiger partial charge in [-0.3, -0.25) is 4.68 Å². The molecular formula is C25H33N3O4. The lowest BCUT2D eigenvalue weighted by atomic mass is 9.86. The fraction of sp³-hybridized carbons (Fsp3) is 0.480. The molecule has 0 aliphatic rings. The number of rotatable bonds is 9. The summed E-state index contributed by atoms with van der Waals surface area (Å²) < 4.78 is 17.5. The summed E-state index contributed by atoms with van der Waals surface area (Å²) in [5.74, 6) is 0.290. The van der Waals surface area contributed by atoms with E-state index in [1.807, 2.05) is 37.3 Å². The number of nitriles is 1. The molecule has 0 aliphatic heterocycles. The van der Waals surface area contributed by atoms with Crippen molar-refractivity contribution in [3.8, 4) is 6.07 Å². The van der Waals surface area contributed by atoms with Crippen LogP contribution in [-0.2, 0) is 26.7 Å². The van der Waals surface area contributed by atoms with E-state index in [-0.39, 0.29) is 18.0 Å². The number of allylic oxidation sites excluding steroid dienone is 1. The molecule has 0 amide bonds. The predicted molar refractivity (Wildman–Crippen MR) is 123 cm³/mol. The van der Waals surface area contributed by atoms with Gasteiger partial charge < -0.3 is 14.2 Å². The second-order valence-corrected chi connectivity index (χ2v) is 8.65. The van der Waals surface area contributed by atoms with Crippen LogP contribution in [0.5, 0.6) is 0 Å². The monoisotopic (exact) mass is 439 g/mol. The van der Waals surface area contributed by atoms with E-state index in [0.717, 1.165) is 30.5 Å². The molecule has 0 saturated carbocycles. The van der Waals surface area contributed by atoms with Crippen molar-refractivity contribution in [3.05, 3.63) is 52.8 Å². The smallest absolute Gasteiger partial charge is 0.454 e. The maximum Gasteiger partial charge on any atom is 0.511 e. The Bertz CT molecular complexity index is 976. The molecule has 0 fully saturated rings. The number of ether oxygens (including phenoxy) is 3. The third kappa shape index (κ3) is 6.88. The number of carbonyl (C=O) groups is 1. The minimum atomic E-state index is -0.797. The SMILES string of the molecule is CCCCCOC(=O)OCO/C(=C(/C#N)c1ccc(C(C)(C)C)cc1)c1cc(C)nn1C. The Kier molecular flexibility index (Phi) is 8.89. The van der Waals surface area contributed by atoms with Crippen LogP contribution >= 0.6 is 0 Å². The number of carbonyl (C=O) groups excluding carboxylic acids is 1. The van der Waals surface area contributed by atoms with Gasteiger partial charge in [0.1, 0.15) is 17.3 Å². The average molecular weight is 440 g/mol. The predicted octanol–water partition coefficient (Wildman–Crippen LogP) is 5.74. The molecule has 7 heteroatoms. The molecule has 0 bridgehead atoms. The Morgan fingerprint density at radius 3 is 2.34 bits per heavy atom. The maximum absolute atomic E-state index is 11.8. The summed E-state index contributed by atoms with van der Waals surface area (Å²) >= 11 is 0. The molecule has 2 aromatic rings. The largest absolute Gasteiger partial charge is 0.511 e. The molecule has 32 heavy (non-hydrogen) atoms. The van der Waals surface area contributed by atoms with Crippen molar-refractivity contribution in [1.29, 1.82) is 5.26 Å². The van der Waals surface area contributed by atoms with Gasteiger partial charge in [-0.2, -0.15) is 10.4 Å². The van der Waals surface area contributed by atoms with Crippen LogP contribution in [0.25, 0.3) is 11.3 Å². The van der Waals surface area contributed by atoms with Crippen LogP contribution in [0.3, 0.4) is 0 Å². The molecule has 0 spiro atoms. The molecule has 0 saturated heterocycles. The van der Waals surface area contributed by atoms with Crippen molar-refractivity contribution in [1.82, 2.24) is 9.78 Å². The number of benzene rings is 1. The number of aromatic nitrogens is 2. The first-order valence-electron chi connectivity index (χ1n) is 10.9. The van der Waals surface area contributed by atoms with Crippen molar-refractivity contribution in [2.24, 2.45) is 7.05 Å². The first kappa shape index (κ1) is 25.0. The molecule has 1 aromatic heterocycles. The molecule has 2 rings (SSSR count). The van der Waals surface area contributed by atoms with Crippen molar-refractivity contribution in [2.45, 2.75) is 59.3 Å². The van der Waals surface area contributed by atoms with E-state index in [9.17, 15) is 10.1 Å². The second kappa shape index (κ2) is 11.4. The van der Waals surface area contributed by atoms with Crippen molar-refractivity contribution in [3.63, 3.8) is 0 Å². The molecule has 172 valence electrons. The third-order valence-corrected chi connectivity index (χ3v) is 4.96. The number of aryl methyl sites for hydroxylation is 2. The molecular weight excluding hydrogens is 406 g/mol. The van der Waals surface area contributed by atoms with Gasteiger partial charge in [0.2, 0.25) is 6.79 Å². The van der Waals surface area contributed by atoms with Crippen LogP contribution < -0.4 is 0 Å². The normalized spacial score (nSPS) is 12.0. The zero-order valence-electron chi connectivity index (χ0n) is 19.9. The highest BCUT2D eigenvalue weighted by Gasteiger charge is 2.20. The van der Waals surface area contributed by atoms with Gasteiger partial charge in [0, 0.05) is 7.05 Å². The van der Waals surface area contributed by atoms with Gasteiger partial charge in [0.15, 0.2) is 5.76 Å². The minimum absolute atomic E-state index is 0.00113. The van der Waals surface area contributed by atoms with Gasteiger partial charge >= 0.3 is 6.16 Å². The highest BCUT2D eigenvalue weighted by Crippen LogP contribution is 2.30. The molecule has 1 heterocycles. The van der Waals surface area contributed by atoms with E-state index < -0.39 is 6.16 Å². The molecule has 0 N–H and O–H groups in total. The van der Waals surface area contributed by atoms with Gasteiger partial charge in [-0.1, -0.05) is 64.8 Å². The molecule has 7 nitrogen and oxygen atoms in total. The highest BCUT2D eigenvalue weighted by molar-refractivity contribution is 5.94.